The molecule has 1 aromatic carbocycles. The van der Waals surface area contributed by atoms with Crippen molar-refractivity contribution in [1.29, 1.82) is 0 Å². The molecule has 1 aliphatic rings. The summed E-state index contributed by atoms with van der Waals surface area (Å²) in [7, 11) is 1.99. The number of hydrogen-bond acceptors (Lipinski definition) is 3. The number of morpholine rings is 1. The van der Waals surface area contributed by atoms with Gasteiger partial charge >= 0.3 is 0 Å². The zero-order valence-corrected chi connectivity index (χ0v) is 13.6. The monoisotopic (exact) mass is 340 g/mol. The van der Waals surface area contributed by atoms with E-state index in [0.717, 1.165) is 11.0 Å². The van der Waals surface area contributed by atoms with Crippen LogP contribution >= 0.6 is 15.9 Å². The van der Waals surface area contributed by atoms with Gasteiger partial charge in [-0.1, -0.05) is 28.1 Å². The topological polar surface area (TPSA) is 32.8 Å². The largest absolute Gasteiger partial charge is 0.378 e. The van der Waals surface area contributed by atoms with Gasteiger partial charge in [0.25, 0.3) is 0 Å². The minimum absolute atomic E-state index is 0.114. The Morgan fingerprint density at radius 1 is 1.35 bits per heavy atom. The molecule has 0 saturated carbocycles. The molecule has 4 nitrogen and oxygen atoms in total. The molecular weight excluding hydrogens is 320 g/mol. The fourth-order valence-electron chi connectivity index (χ4n) is 2.25. The van der Waals surface area contributed by atoms with Crippen LogP contribution in [0.1, 0.15) is 12.5 Å². The van der Waals surface area contributed by atoms with Gasteiger partial charge in [-0.25, -0.2) is 0 Å². The van der Waals surface area contributed by atoms with Crippen molar-refractivity contribution in [3.05, 3.63) is 34.3 Å². The van der Waals surface area contributed by atoms with Gasteiger partial charge in [0, 0.05) is 24.1 Å². The minimum Gasteiger partial charge on any atom is -0.378 e. The van der Waals surface area contributed by atoms with Crippen LogP contribution in [0.25, 0.3) is 0 Å². The van der Waals surface area contributed by atoms with Crippen LogP contribution in [0.2, 0.25) is 0 Å². The van der Waals surface area contributed by atoms with Crippen molar-refractivity contribution in [2.45, 2.75) is 19.5 Å². The molecular formula is C15H21BrN2O2. The Kier molecular flexibility index (Phi) is 5.57. The highest BCUT2D eigenvalue weighted by molar-refractivity contribution is 9.10. The molecule has 1 aromatic rings. The van der Waals surface area contributed by atoms with E-state index in [4.69, 9.17) is 4.74 Å². The summed E-state index contributed by atoms with van der Waals surface area (Å²) in [5, 5.41) is 0. The summed E-state index contributed by atoms with van der Waals surface area (Å²) in [5.74, 6) is 0.188. The van der Waals surface area contributed by atoms with Crippen LogP contribution in [0, 0.1) is 0 Å². The normalized spacial score (nSPS) is 17.3. The average molecular weight is 341 g/mol. The molecule has 0 bridgehead atoms. The second kappa shape index (κ2) is 7.20. The number of carbonyl (C=O) groups excluding carboxylic acids is 1. The summed E-state index contributed by atoms with van der Waals surface area (Å²) in [4.78, 5) is 16.4. The van der Waals surface area contributed by atoms with Crippen LogP contribution in [-0.2, 0) is 16.1 Å². The van der Waals surface area contributed by atoms with E-state index in [1.165, 1.54) is 5.56 Å². The number of hydrogen-bond donors (Lipinski definition) is 0. The van der Waals surface area contributed by atoms with Crippen LogP contribution in [0.5, 0.6) is 0 Å². The number of rotatable bonds is 4. The maximum Gasteiger partial charge on any atom is 0.239 e. The lowest BCUT2D eigenvalue weighted by atomic mass is 10.2. The lowest BCUT2D eigenvalue weighted by Crippen LogP contribution is -2.49. The van der Waals surface area contributed by atoms with Crippen LogP contribution in [0.15, 0.2) is 28.7 Å². The Morgan fingerprint density at radius 3 is 2.55 bits per heavy atom. The number of halogens is 1. The fourth-order valence-corrected chi connectivity index (χ4v) is 2.52. The number of benzene rings is 1. The number of carbonyl (C=O) groups is 1. The van der Waals surface area contributed by atoms with Gasteiger partial charge in [0.1, 0.15) is 0 Å². The highest BCUT2D eigenvalue weighted by atomic mass is 79.9. The second-order valence-electron chi connectivity index (χ2n) is 5.16. The Bertz CT molecular complexity index is 444. The predicted molar refractivity (Wildman–Crippen MR) is 82.5 cm³/mol. The van der Waals surface area contributed by atoms with Gasteiger partial charge in [-0.15, -0.1) is 0 Å². The third-order valence-electron chi connectivity index (χ3n) is 3.69. The zero-order valence-electron chi connectivity index (χ0n) is 12.0. The Labute approximate surface area is 128 Å². The molecule has 0 N–H and O–H groups in total. The average Bonchev–Trinajstić information content (AvgIpc) is 2.49. The Hall–Kier alpha value is -0.910. The molecule has 1 aliphatic heterocycles. The molecule has 0 unspecified atom stereocenters. The molecule has 2 rings (SSSR count). The molecule has 1 heterocycles. The van der Waals surface area contributed by atoms with Gasteiger partial charge in [0.15, 0.2) is 0 Å². The number of likely N-dealkylation sites (N-methyl/N-ethyl adjacent to an activating group) is 1. The highest BCUT2D eigenvalue weighted by Gasteiger charge is 2.25. The van der Waals surface area contributed by atoms with Gasteiger partial charge in [0.05, 0.1) is 19.3 Å². The first-order valence-electron chi connectivity index (χ1n) is 6.89. The van der Waals surface area contributed by atoms with E-state index in [0.29, 0.717) is 26.3 Å². The van der Waals surface area contributed by atoms with Gasteiger partial charge < -0.3 is 9.64 Å². The predicted octanol–water partition coefficient (Wildman–Crippen LogP) is 2.13. The zero-order chi connectivity index (χ0) is 14.5. The van der Waals surface area contributed by atoms with Gasteiger partial charge in [-0.05, 0) is 31.7 Å². The smallest absolute Gasteiger partial charge is 0.239 e. The Morgan fingerprint density at radius 2 is 1.95 bits per heavy atom. The van der Waals surface area contributed by atoms with Crippen LogP contribution in [0.3, 0.4) is 0 Å². The molecule has 0 spiro atoms. The molecule has 1 amide bonds. The fraction of sp³-hybridized carbons (Fsp3) is 0.533. The van der Waals surface area contributed by atoms with Crippen molar-refractivity contribution in [3.63, 3.8) is 0 Å². The van der Waals surface area contributed by atoms with E-state index in [1.54, 1.807) is 0 Å². The van der Waals surface area contributed by atoms with E-state index in [1.807, 2.05) is 31.0 Å². The highest BCUT2D eigenvalue weighted by Crippen LogP contribution is 2.13. The quantitative estimate of drug-likeness (QED) is 0.841. The van der Waals surface area contributed by atoms with Crippen molar-refractivity contribution >= 4 is 21.8 Å². The second-order valence-corrected chi connectivity index (χ2v) is 6.07. The molecule has 0 aliphatic carbocycles. The van der Waals surface area contributed by atoms with Crippen molar-refractivity contribution in [1.82, 2.24) is 9.80 Å². The number of amides is 1. The van der Waals surface area contributed by atoms with Crippen LogP contribution < -0.4 is 0 Å². The molecule has 1 atom stereocenters. The third-order valence-corrected chi connectivity index (χ3v) is 4.22. The van der Waals surface area contributed by atoms with Gasteiger partial charge in [-0.3, -0.25) is 9.69 Å². The molecule has 1 fully saturated rings. The van der Waals surface area contributed by atoms with E-state index in [2.05, 4.69) is 33.0 Å². The van der Waals surface area contributed by atoms with Crippen molar-refractivity contribution < 1.29 is 9.53 Å². The van der Waals surface area contributed by atoms with E-state index < -0.39 is 0 Å². The van der Waals surface area contributed by atoms with Crippen molar-refractivity contribution in [3.8, 4) is 0 Å². The molecule has 0 radical (unpaired) electrons. The first-order chi connectivity index (χ1) is 9.58. The molecule has 5 heteroatoms. The van der Waals surface area contributed by atoms with Crippen LogP contribution in [0.4, 0.5) is 0 Å². The Balaban J connectivity index is 1.91. The van der Waals surface area contributed by atoms with Crippen molar-refractivity contribution in [2.24, 2.45) is 0 Å². The number of ether oxygens (including phenoxy) is 1. The van der Waals surface area contributed by atoms with E-state index >= 15 is 0 Å². The summed E-state index contributed by atoms with van der Waals surface area (Å²) < 4.78 is 6.36. The number of nitrogens with zero attached hydrogens (tertiary/aromatic N) is 2. The third kappa shape index (κ3) is 4.04. The maximum atomic E-state index is 12.4. The van der Waals surface area contributed by atoms with Crippen LogP contribution in [-0.4, -0.2) is 55.1 Å². The summed E-state index contributed by atoms with van der Waals surface area (Å²) in [5.41, 5.74) is 1.21. The first-order valence-corrected chi connectivity index (χ1v) is 7.68. The standard InChI is InChI=1S/C15H21BrN2O2/c1-12(15(19)18-7-9-20-10-8-18)17(2)11-13-3-5-14(16)6-4-13/h3-6,12H,7-11H2,1-2H3/t12-/m0/s1. The summed E-state index contributed by atoms with van der Waals surface area (Å²) in [6, 6.07) is 8.09. The van der Waals surface area contributed by atoms with E-state index in [9.17, 15) is 4.79 Å². The lowest BCUT2D eigenvalue weighted by molar-refractivity contribution is -0.140. The summed E-state index contributed by atoms with van der Waals surface area (Å²) in [6.07, 6.45) is 0. The molecule has 110 valence electrons. The molecule has 20 heavy (non-hydrogen) atoms. The summed E-state index contributed by atoms with van der Waals surface area (Å²) >= 11 is 3.43. The molecule has 1 saturated heterocycles. The maximum absolute atomic E-state index is 12.4. The van der Waals surface area contributed by atoms with Gasteiger partial charge in [-0.2, -0.15) is 0 Å². The SMILES string of the molecule is C[C@@H](C(=O)N1CCOCC1)N(C)Cc1ccc(Br)cc1. The lowest BCUT2D eigenvalue weighted by Gasteiger charge is -2.32. The van der Waals surface area contributed by atoms with Crippen molar-refractivity contribution in [2.75, 3.05) is 33.4 Å². The minimum atomic E-state index is -0.114. The summed E-state index contributed by atoms with van der Waals surface area (Å²) in [6.45, 7) is 5.44. The van der Waals surface area contributed by atoms with Gasteiger partial charge in [0.2, 0.25) is 5.91 Å². The molecule has 0 aromatic heterocycles. The van der Waals surface area contributed by atoms with E-state index in [-0.39, 0.29) is 11.9 Å². The first kappa shape index (κ1) is 15.5.